The monoisotopic (exact) mass is 627 g/mol. The van der Waals surface area contributed by atoms with E-state index >= 15 is 0 Å². The molecule has 3 unspecified atom stereocenters. The smallest absolute Gasteiger partial charge is 0.249 e. The van der Waals surface area contributed by atoms with E-state index in [1.807, 2.05) is 32.0 Å². The van der Waals surface area contributed by atoms with Gasteiger partial charge in [0.25, 0.3) is 0 Å². The molecule has 0 bridgehead atoms. The topological polar surface area (TPSA) is 117 Å². The molecule has 2 N–H and O–H groups in total. The van der Waals surface area contributed by atoms with Gasteiger partial charge >= 0.3 is 0 Å². The van der Waals surface area contributed by atoms with E-state index in [2.05, 4.69) is 29.7 Å². The van der Waals surface area contributed by atoms with Crippen molar-refractivity contribution in [3.63, 3.8) is 0 Å². The molecule has 254 valence electrons. The van der Waals surface area contributed by atoms with E-state index in [4.69, 9.17) is 9.47 Å². The SMILES string of the molecule is CCCCCCCCCCC(Cc1ccccc1)C(=O)NC1CCC(C(CNC(=O)C2OC(C)(C)OCC2(C)C)C(=O)[O-])CC1. The van der Waals surface area contributed by atoms with Crippen molar-refractivity contribution in [3.05, 3.63) is 35.9 Å². The number of nitrogens with one attached hydrogen (secondary N) is 2. The second kappa shape index (κ2) is 18.0. The summed E-state index contributed by atoms with van der Waals surface area (Å²) >= 11 is 0. The summed E-state index contributed by atoms with van der Waals surface area (Å²) in [7, 11) is 0. The molecule has 1 aromatic rings. The number of amides is 2. The molecular weight excluding hydrogens is 568 g/mol. The summed E-state index contributed by atoms with van der Waals surface area (Å²) in [5.41, 5.74) is 0.636. The van der Waals surface area contributed by atoms with Crippen molar-refractivity contribution in [1.82, 2.24) is 10.6 Å². The van der Waals surface area contributed by atoms with E-state index in [1.54, 1.807) is 13.8 Å². The number of carbonyl (C=O) groups excluding carboxylic acids is 3. The third kappa shape index (κ3) is 12.3. The van der Waals surface area contributed by atoms with E-state index in [1.165, 1.54) is 44.1 Å². The Kier molecular flexibility index (Phi) is 14.8. The molecule has 45 heavy (non-hydrogen) atoms. The maximum absolute atomic E-state index is 13.5. The fourth-order valence-electron chi connectivity index (χ4n) is 6.80. The van der Waals surface area contributed by atoms with Gasteiger partial charge in [-0.1, -0.05) is 102 Å². The minimum atomic E-state index is -1.15. The van der Waals surface area contributed by atoms with Crippen LogP contribution in [0, 0.1) is 23.2 Å². The van der Waals surface area contributed by atoms with Crippen LogP contribution in [0.15, 0.2) is 30.3 Å². The third-order valence-corrected chi connectivity index (χ3v) is 9.73. The normalized spacial score (nSPS) is 23.9. The van der Waals surface area contributed by atoms with Crippen LogP contribution in [0.5, 0.6) is 0 Å². The molecule has 1 saturated heterocycles. The van der Waals surface area contributed by atoms with Crippen molar-refractivity contribution in [1.29, 1.82) is 0 Å². The van der Waals surface area contributed by atoms with Crippen molar-refractivity contribution in [2.45, 2.75) is 142 Å². The van der Waals surface area contributed by atoms with Crippen LogP contribution in [0.3, 0.4) is 0 Å². The average Bonchev–Trinajstić information content (AvgIpc) is 3.00. The summed E-state index contributed by atoms with van der Waals surface area (Å²) in [5, 5.41) is 18.3. The number of hydrogen-bond donors (Lipinski definition) is 2. The Bertz CT molecular complexity index is 1050. The first-order valence-electron chi connectivity index (χ1n) is 17.6. The lowest BCUT2D eigenvalue weighted by molar-refractivity contribution is -0.313. The number of benzene rings is 1. The zero-order valence-electron chi connectivity index (χ0n) is 28.5. The number of carbonyl (C=O) groups is 3. The van der Waals surface area contributed by atoms with Crippen molar-refractivity contribution in [2.75, 3.05) is 13.2 Å². The fourth-order valence-corrected chi connectivity index (χ4v) is 6.80. The molecule has 1 aliphatic heterocycles. The maximum atomic E-state index is 13.5. The lowest BCUT2D eigenvalue weighted by Gasteiger charge is -2.45. The zero-order valence-corrected chi connectivity index (χ0v) is 28.5. The number of unbranched alkanes of at least 4 members (excludes halogenated alkanes) is 7. The van der Waals surface area contributed by atoms with E-state index in [-0.39, 0.29) is 36.2 Å². The minimum Gasteiger partial charge on any atom is -0.550 e. The van der Waals surface area contributed by atoms with Gasteiger partial charge in [0.15, 0.2) is 5.79 Å². The number of rotatable bonds is 18. The highest BCUT2D eigenvalue weighted by Gasteiger charge is 2.46. The Morgan fingerprint density at radius 1 is 0.911 bits per heavy atom. The summed E-state index contributed by atoms with van der Waals surface area (Å²) < 4.78 is 11.6. The van der Waals surface area contributed by atoms with Crippen LogP contribution in [0.25, 0.3) is 0 Å². The Labute approximate surface area is 271 Å². The van der Waals surface area contributed by atoms with Crippen LogP contribution in [0.1, 0.15) is 124 Å². The summed E-state index contributed by atoms with van der Waals surface area (Å²) in [5.74, 6) is -3.25. The molecular formula is C37H59N2O6-. The van der Waals surface area contributed by atoms with E-state index in [0.29, 0.717) is 32.3 Å². The Hall–Kier alpha value is -2.45. The Morgan fingerprint density at radius 3 is 2.16 bits per heavy atom. The first-order valence-corrected chi connectivity index (χ1v) is 17.6. The van der Waals surface area contributed by atoms with Crippen LogP contribution in [-0.2, 0) is 30.3 Å². The van der Waals surface area contributed by atoms with Crippen LogP contribution in [0.2, 0.25) is 0 Å². The van der Waals surface area contributed by atoms with Crippen LogP contribution >= 0.6 is 0 Å². The van der Waals surface area contributed by atoms with Crippen molar-refractivity contribution < 1.29 is 29.0 Å². The molecule has 2 amide bonds. The molecule has 2 aliphatic rings. The lowest BCUT2D eigenvalue weighted by Crippen LogP contribution is -2.57. The number of aliphatic carboxylic acids is 1. The zero-order chi connectivity index (χ0) is 32.9. The van der Waals surface area contributed by atoms with E-state index in [0.717, 1.165) is 25.7 Å². The summed E-state index contributed by atoms with van der Waals surface area (Å²) in [6.07, 6.45) is 13.5. The van der Waals surface area contributed by atoms with Gasteiger partial charge < -0.3 is 30.0 Å². The van der Waals surface area contributed by atoms with Gasteiger partial charge in [0.1, 0.15) is 6.10 Å². The maximum Gasteiger partial charge on any atom is 0.249 e. The van der Waals surface area contributed by atoms with Crippen molar-refractivity contribution >= 4 is 17.8 Å². The standard InChI is InChI=1S/C37H60N2O6/c1-6-7-8-9-10-11-12-16-19-29(24-27-17-14-13-15-18-27)33(40)39-30-22-20-28(21-23-30)31(35(42)43)25-38-34(41)32-36(2,3)26-44-37(4,5)45-32/h13-15,17-18,28-32H,6-12,16,19-26H2,1-5H3,(H,38,41)(H,39,40)(H,42,43)/p-1. The van der Waals surface area contributed by atoms with E-state index in [9.17, 15) is 19.5 Å². The number of carboxylic acid groups (broad SMARTS) is 1. The number of carboxylic acids is 1. The lowest BCUT2D eigenvalue weighted by atomic mass is 9.77. The quantitative estimate of drug-likeness (QED) is 0.201. The minimum absolute atomic E-state index is 0.00214. The largest absolute Gasteiger partial charge is 0.550 e. The molecule has 1 heterocycles. The highest BCUT2D eigenvalue weighted by atomic mass is 16.7. The molecule has 1 saturated carbocycles. The first kappa shape index (κ1) is 37.0. The molecule has 1 aliphatic carbocycles. The summed E-state index contributed by atoms with van der Waals surface area (Å²) in [6, 6.07) is 10.3. The third-order valence-electron chi connectivity index (χ3n) is 9.73. The van der Waals surface area contributed by atoms with Gasteiger partial charge in [-0.2, -0.15) is 0 Å². The molecule has 0 spiro atoms. The molecule has 0 aromatic heterocycles. The predicted octanol–water partition coefficient (Wildman–Crippen LogP) is 5.71. The highest BCUT2D eigenvalue weighted by Crippen LogP contribution is 2.35. The molecule has 0 radical (unpaired) electrons. The number of hydrogen-bond acceptors (Lipinski definition) is 6. The molecule has 8 nitrogen and oxygen atoms in total. The van der Waals surface area contributed by atoms with Gasteiger partial charge in [0, 0.05) is 35.8 Å². The Balaban J connectivity index is 1.49. The Morgan fingerprint density at radius 2 is 1.53 bits per heavy atom. The average molecular weight is 628 g/mol. The molecule has 2 fully saturated rings. The van der Waals surface area contributed by atoms with Gasteiger partial charge in [0.2, 0.25) is 11.8 Å². The van der Waals surface area contributed by atoms with Gasteiger partial charge in [-0.3, -0.25) is 9.59 Å². The van der Waals surface area contributed by atoms with E-state index < -0.39 is 29.2 Å². The highest BCUT2D eigenvalue weighted by molar-refractivity contribution is 5.82. The second-order valence-electron chi connectivity index (χ2n) is 14.6. The molecule has 8 heteroatoms. The van der Waals surface area contributed by atoms with Crippen LogP contribution in [-0.4, -0.2) is 48.9 Å². The number of ether oxygens (including phenoxy) is 2. The van der Waals surface area contributed by atoms with Gasteiger partial charge in [-0.15, -0.1) is 0 Å². The van der Waals surface area contributed by atoms with Crippen molar-refractivity contribution in [2.24, 2.45) is 23.2 Å². The second-order valence-corrected chi connectivity index (χ2v) is 14.6. The molecule has 1 aromatic carbocycles. The van der Waals surface area contributed by atoms with Crippen LogP contribution in [0.4, 0.5) is 0 Å². The fraction of sp³-hybridized carbons (Fsp3) is 0.757. The van der Waals surface area contributed by atoms with Gasteiger partial charge in [-0.05, 0) is 63.9 Å². The summed E-state index contributed by atoms with van der Waals surface area (Å²) in [4.78, 5) is 38.8. The van der Waals surface area contributed by atoms with Gasteiger partial charge in [0.05, 0.1) is 6.61 Å². The van der Waals surface area contributed by atoms with Gasteiger partial charge in [-0.25, -0.2) is 0 Å². The predicted molar refractivity (Wildman–Crippen MR) is 175 cm³/mol. The molecule has 3 atom stereocenters. The van der Waals surface area contributed by atoms with Crippen molar-refractivity contribution in [3.8, 4) is 0 Å². The summed E-state index contributed by atoms with van der Waals surface area (Å²) in [6.45, 7) is 9.94. The van der Waals surface area contributed by atoms with Crippen LogP contribution < -0.4 is 15.7 Å². The molecule has 3 rings (SSSR count). The first-order chi connectivity index (χ1) is 21.4.